The van der Waals surface area contributed by atoms with Gasteiger partial charge < -0.3 is 69.0 Å². The lowest BCUT2D eigenvalue weighted by atomic mass is 9.56. The van der Waals surface area contributed by atoms with Crippen LogP contribution in [0.2, 0.25) is 0 Å². The second kappa shape index (κ2) is 19.5. The van der Waals surface area contributed by atoms with E-state index in [1.807, 2.05) is 0 Å². The number of phenolic OH excluding ortho intramolecular Hbond substituents is 1. The normalized spacial score (nSPS) is 26.1. The molecule has 70 heavy (non-hydrogen) atoms. The number of aliphatic hydroxyl groups is 3. The molecule has 3 aliphatic carbocycles. The van der Waals surface area contributed by atoms with Gasteiger partial charge in [-0.1, -0.05) is 24.3 Å². The summed E-state index contributed by atoms with van der Waals surface area (Å²) in [7, 11) is 5.67. The van der Waals surface area contributed by atoms with Crippen LogP contribution in [-0.2, 0) is 61.4 Å². The van der Waals surface area contributed by atoms with Crippen molar-refractivity contribution in [3.63, 3.8) is 0 Å². The predicted molar refractivity (Wildman–Crippen MR) is 235 cm³/mol. The molecule has 1 amide bonds. The van der Waals surface area contributed by atoms with Crippen molar-refractivity contribution >= 4 is 46.9 Å². The summed E-state index contributed by atoms with van der Waals surface area (Å²) in [6.07, 6.45) is -7.11. The molecule has 0 spiro atoms. The molecule has 22 nitrogen and oxygen atoms in total. The van der Waals surface area contributed by atoms with Crippen molar-refractivity contribution in [3.8, 4) is 11.5 Å². The number of allylic oxidation sites excluding steroid dienone is 2. The minimum atomic E-state index is -3.40. The SMILES string of the molecule is COC(=O)c1c(C)cc2c(c1OCC(=O)OCc1ccccc1C(=O)NC(C)C(=O)OC)[C@]1(O)C(=O)c3cc4c(c(O)c3C(=O)[C@]1(OC)[C@H](O)C2)C(=O)C=C(NC1O[C@@H](C)[C@H](OC)[C@@H](O)[C@H]1OC)C4=O. The average molecular weight is 975 g/mol. The molecular formula is C48H50N2O20. The molecule has 1 heterocycles. The summed E-state index contributed by atoms with van der Waals surface area (Å²) in [5, 5.41) is 53.0. The number of esters is 3. The number of fused-ring (bicyclic) bond motifs is 5. The summed E-state index contributed by atoms with van der Waals surface area (Å²) in [5.41, 5.74) is -10.7. The third kappa shape index (κ3) is 7.99. The number of rotatable bonds is 14. The van der Waals surface area contributed by atoms with E-state index in [1.54, 1.807) is 13.0 Å². The van der Waals surface area contributed by atoms with E-state index >= 15 is 4.79 Å². The van der Waals surface area contributed by atoms with Crippen LogP contribution >= 0.6 is 0 Å². The van der Waals surface area contributed by atoms with E-state index in [9.17, 15) is 54.0 Å². The van der Waals surface area contributed by atoms with Crippen LogP contribution in [0.25, 0.3) is 0 Å². The van der Waals surface area contributed by atoms with Gasteiger partial charge in [-0.15, -0.1) is 0 Å². The van der Waals surface area contributed by atoms with Gasteiger partial charge in [-0.2, -0.15) is 0 Å². The fourth-order valence-electron chi connectivity index (χ4n) is 9.68. The van der Waals surface area contributed by atoms with E-state index in [0.717, 1.165) is 33.5 Å². The minimum Gasteiger partial charge on any atom is -0.506 e. The Morgan fingerprint density at radius 3 is 2.24 bits per heavy atom. The number of ketones is 4. The fraction of sp³-hybridized carbons (Fsp3) is 0.417. The van der Waals surface area contributed by atoms with Gasteiger partial charge in [0.05, 0.1) is 43.3 Å². The highest BCUT2D eigenvalue weighted by Gasteiger charge is 2.73. The maximum Gasteiger partial charge on any atom is 0.344 e. The number of ether oxygens (including phenoxy) is 8. The van der Waals surface area contributed by atoms with E-state index in [2.05, 4.69) is 15.4 Å². The first-order chi connectivity index (χ1) is 33.2. The summed E-state index contributed by atoms with van der Waals surface area (Å²) < 4.78 is 43.5. The quantitative estimate of drug-likeness (QED) is 0.0944. The van der Waals surface area contributed by atoms with Gasteiger partial charge in [0.25, 0.3) is 5.91 Å². The Hall–Kier alpha value is -6.92. The Balaban J connectivity index is 1.28. The van der Waals surface area contributed by atoms with Crippen molar-refractivity contribution < 1.29 is 96.7 Å². The standard InChI is InChI=1S/C48H50N2O20/c1-19-13-23-14-29(52)48(67-8)42(58)33-26(15-25-32(36(33)55)28(51)16-27(35(25)54)50-44-40(64-5)37(56)38(63-4)21(3)70-44)41(57)47(48,62)34(23)39(31(19)46(61)66-7)69-18-30(53)68-17-22-11-9-10-12-24(22)43(59)49-20(2)45(60)65-6/h9-13,15-16,20-21,29,37-38,40,44,50,52,55-56,62H,14,17-18H2,1-8H3,(H,49,59)/t20?,21-,29+,37+,38-,40+,44?,47-,48+/m0/s1. The van der Waals surface area contributed by atoms with Gasteiger partial charge in [0.2, 0.25) is 17.3 Å². The highest BCUT2D eigenvalue weighted by molar-refractivity contribution is 6.31. The molecule has 1 saturated heterocycles. The van der Waals surface area contributed by atoms with Crippen LogP contribution < -0.4 is 15.4 Å². The molecule has 0 saturated carbocycles. The Bertz CT molecular complexity index is 2770. The molecule has 1 fully saturated rings. The van der Waals surface area contributed by atoms with E-state index in [4.69, 9.17) is 33.2 Å². The van der Waals surface area contributed by atoms with Crippen LogP contribution in [0.5, 0.6) is 11.5 Å². The third-order valence-electron chi connectivity index (χ3n) is 13.0. The number of carbonyl (C=O) groups is 8. The first-order valence-electron chi connectivity index (χ1n) is 21.6. The topological polar surface area (TPSA) is 315 Å². The maximum atomic E-state index is 15.3. The molecule has 1 aliphatic heterocycles. The second-order valence-corrected chi connectivity index (χ2v) is 16.9. The minimum absolute atomic E-state index is 0.0418. The number of hydrogen-bond acceptors (Lipinski definition) is 21. The summed E-state index contributed by atoms with van der Waals surface area (Å²) >= 11 is 0. The van der Waals surface area contributed by atoms with E-state index < -0.39 is 171 Å². The number of amides is 1. The van der Waals surface area contributed by atoms with E-state index in [1.165, 1.54) is 52.3 Å². The summed E-state index contributed by atoms with van der Waals surface area (Å²) in [6.45, 7) is 2.86. The molecule has 9 atom stereocenters. The zero-order chi connectivity index (χ0) is 51.3. The number of Topliss-reactive ketones (excluding diaryl/α,β-unsaturated/α-hetero) is 3. The molecule has 0 aromatic heterocycles. The van der Waals surface area contributed by atoms with Crippen molar-refractivity contribution in [1.82, 2.24) is 10.6 Å². The fourth-order valence-corrected chi connectivity index (χ4v) is 9.68. The largest absolute Gasteiger partial charge is 0.506 e. The lowest BCUT2D eigenvalue weighted by Gasteiger charge is -2.53. The smallest absolute Gasteiger partial charge is 0.344 e. The van der Waals surface area contributed by atoms with Gasteiger partial charge in [-0.3, -0.25) is 24.0 Å². The Labute approximate surface area is 398 Å². The van der Waals surface area contributed by atoms with Crippen LogP contribution in [0.1, 0.15) is 98.2 Å². The van der Waals surface area contributed by atoms with Crippen molar-refractivity contribution in [3.05, 3.63) is 104 Å². The van der Waals surface area contributed by atoms with Crippen LogP contribution in [0.3, 0.4) is 0 Å². The third-order valence-corrected chi connectivity index (χ3v) is 13.0. The van der Waals surface area contributed by atoms with Gasteiger partial charge in [0.1, 0.15) is 48.0 Å². The molecule has 3 aromatic carbocycles. The van der Waals surface area contributed by atoms with E-state index in [-0.39, 0.29) is 22.3 Å². The number of nitrogens with one attached hydrogen (secondary N) is 2. The molecule has 0 radical (unpaired) electrons. The second-order valence-electron chi connectivity index (χ2n) is 16.9. The Morgan fingerprint density at radius 2 is 1.60 bits per heavy atom. The zero-order valence-corrected chi connectivity index (χ0v) is 39.0. The molecule has 22 heteroatoms. The monoisotopic (exact) mass is 974 g/mol. The highest BCUT2D eigenvalue weighted by atomic mass is 16.6. The molecule has 6 N–H and O–H groups in total. The number of aryl methyl sites for hydroxylation is 1. The summed E-state index contributed by atoms with van der Waals surface area (Å²) in [4.78, 5) is 110. The van der Waals surface area contributed by atoms with Crippen LogP contribution in [0.15, 0.2) is 48.2 Å². The maximum absolute atomic E-state index is 15.3. The van der Waals surface area contributed by atoms with E-state index in [0.29, 0.717) is 0 Å². The first-order valence-corrected chi connectivity index (χ1v) is 21.6. The lowest BCUT2D eigenvalue weighted by molar-refractivity contribution is -0.236. The number of hydrogen-bond donors (Lipinski definition) is 6. The van der Waals surface area contributed by atoms with Gasteiger partial charge in [0.15, 0.2) is 29.8 Å². The van der Waals surface area contributed by atoms with Crippen molar-refractivity contribution in [2.45, 2.75) is 87.8 Å². The highest BCUT2D eigenvalue weighted by Crippen LogP contribution is 2.57. The summed E-state index contributed by atoms with van der Waals surface area (Å²) in [5.74, 6) is -10.4. The lowest BCUT2D eigenvalue weighted by Crippen LogP contribution is -2.73. The molecule has 7 rings (SSSR count). The number of phenols is 1. The number of carbonyl (C=O) groups excluding carboxylic acids is 8. The van der Waals surface area contributed by atoms with Crippen LogP contribution in [0, 0.1) is 6.92 Å². The van der Waals surface area contributed by atoms with Gasteiger partial charge in [-0.05, 0) is 44.0 Å². The number of aliphatic hydroxyl groups excluding tert-OH is 2. The zero-order valence-electron chi connectivity index (χ0n) is 39.0. The van der Waals surface area contributed by atoms with Crippen molar-refractivity contribution in [2.24, 2.45) is 0 Å². The molecule has 2 unspecified atom stereocenters. The number of aromatic hydroxyl groups is 1. The Morgan fingerprint density at radius 1 is 0.914 bits per heavy atom. The molecule has 4 aliphatic rings. The predicted octanol–water partition coefficient (Wildman–Crippen LogP) is 0.458. The first kappa shape index (κ1) is 50.9. The molecular weight excluding hydrogens is 925 g/mol. The van der Waals surface area contributed by atoms with Crippen molar-refractivity contribution in [2.75, 3.05) is 42.2 Å². The number of methoxy groups -OCH3 is 5. The van der Waals surface area contributed by atoms with Crippen LogP contribution in [-0.4, -0.2) is 158 Å². The van der Waals surface area contributed by atoms with Crippen molar-refractivity contribution in [1.29, 1.82) is 0 Å². The number of benzene rings is 3. The summed E-state index contributed by atoms with van der Waals surface area (Å²) in [6, 6.07) is 7.09. The van der Waals surface area contributed by atoms with Gasteiger partial charge >= 0.3 is 17.9 Å². The Kier molecular flexibility index (Phi) is 14.2. The average Bonchev–Trinajstić information content (AvgIpc) is 3.32. The molecule has 3 aromatic rings. The molecule has 0 bridgehead atoms. The van der Waals surface area contributed by atoms with Gasteiger partial charge in [0, 0.05) is 61.6 Å². The van der Waals surface area contributed by atoms with Crippen LogP contribution in [0.4, 0.5) is 0 Å². The molecule has 372 valence electrons. The van der Waals surface area contributed by atoms with Gasteiger partial charge in [-0.25, -0.2) is 14.4 Å².